The number of benzene rings is 1. The summed E-state index contributed by atoms with van der Waals surface area (Å²) in [6.45, 7) is 2.12. The van der Waals surface area contributed by atoms with Gasteiger partial charge in [0, 0.05) is 10.8 Å². The van der Waals surface area contributed by atoms with Crippen LogP contribution in [0.15, 0.2) is 23.1 Å². The summed E-state index contributed by atoms with van der Waals surface area (Å²) in [6, 6.07) is 6.24. The molecule has 2 heteroatoms. The Morgan fingerprint density at radius 2 is 2.17 bits per heavy atom. The molecule has 0 heterocycles. The first-order valence-corrected chi connectivity index (χ1v) is 5.06. The van der Waals surface area contributed by atoms with Crippen molar-refractivity contribution in [3.8, 4) is 0 Å². The van der Waals surface area contributed by atoms with E-state index >= 15 is 0 Å². The smallest absolute Gasteiger partial charge is 0.0226 e. The SMILES string of the molecule is Cc1ccc(S)cc1CCCCl. The molecule has 0 unspecified atom stereocenters. The van der Waals surface area contributed by atoms with E-state index in [4.69, 9.17) is 11.6 Å². The zero-order valence-corrected chi connectivity index (χ0v) is 8.83. The van der Waals surface area contributed by atoms with E-state index in [9.17, 15) is 0 Å². The fourth-order valence-electron chi connectivity index (χ4n) is 1.18. The predicted octanol–water partition coefficient (Wildman–Crippen LogP) is 3.46. The van der Waals surface area contributed by atoms with Gasteiger partial charge in [-0.15, -0.1) is 24.2 Å². The van der Waals surface area contributed by atoms with Gasteiger partial charge in [-0.2, -0.15) is 0 Å². The molecule has 0 bridgehead atoms. The highest BCUT2D eigenvalue weighted by Gasteiger charge is 1.97. The topological polar surface area (TPSA) is 0 Å². The van der Waals surface area contributed by atoms with E-state index in [1.807, 2.05) is 6.07 Å². The molecule has 0 radical (unpaired) electrons. The van der Waals surface area contributed by atoms with Gasteiger partial charge in [-0.3, -0.25) is 0 Å². The largest absolute Gasteiger partial charge is 0.143 e. The van der Waals surface area contributed by atoms with Crippen LogP contribution < -0.4 is 0 Å². The molecule has 0 amide bonds. The van der Waals surface area contributed by atoms with Gasteiger partial charge in [0.15, 0.2) is 0 Å². The van der Waals surface area contributed by atoms with Crippen molar-refractivity contribution in [1.82, 2.24) is 0 Å². The van der Waals surface area contributed by atoms with Crippen LogP contribution >= 0.6 is 24.2 Å². The molecule has 0 nitrogen and oxygen atoms in total. The highest BCUT2D eigenvalue weighted by Crippen LogP contribution is 2.15. The number of thiol groups is 1. The van der Waals surface area contributed by atoms with Gasteiger partial charge in [0.2, 0.25) is 0 Å². The van der Waals surface area contributed by atoms with Crippen LogP contribution in [0.1, 0.15) is 17.5 Å². The molecule has 1 rings (SSSR count). The van der Waals surface area contributed by atoms with Crippen molar-refractivity contribution in [1.29, 1.82) is 0 Å². The zero-order valence-electron chi connectivity index (χ0n) is 7.18. The maximum atomic E-state index is 5.62. The second kappa shape index (κ2) is 4.78. The van der Waals surface area contributed by atoms with Crippen LogP contribution in [0.4, 0.5) is 0 Å². The van der Waals surface area contributed by atoms with Crippen LogP contribution in [0.25, 0.3) is 0 Å². The van der Waals surface area contributed by atoms with Gasteiger partial charge >= 0.3 is 0 Å². The Hall–Kier alpha value is -0.140. The van der Waals surface area contributed by atoms with Crippen LogP contribution in [0, 0.1) is 6.92 Å². The summed E-state index contributed by atoms with van der Waals surface area (Å²) in [5.74, 6) is 0.732. The third kappa shape index (κ3) is 2.72. The molecule has 12 heavy (non-hydrogen) atoms. The molecule has 0 aliphatic heterocycles. The van der Waals surface area contributed by atoms with Crippen molar-refractivity contribution in [2.24, 2.45) is 0 Å². The second-order valence-electron chi connectivity index (χ2n) is 2.90. The van der Waals surface area contributed by atoms with Crippen LogP contribution in [-0.2, 0) is 6.42 Å². The monoisotopic (exact) mass is 200 g/mol. The Balaban J connectivity index is 2.75. The maximum Gasteiger partial charge on any atom is 0.0226 e. The lowest BCUT2D eigenvalue weighted by atomic mass is 10.0. The van der Waals surface area contributed by atoms with E-state index < -0.39 is 0 Å². The number of halogens is 1. The summed E-state index contributed by atoms with van der Waals surface area (Å²) < 4.78 is 0. The summed E-state index contributed by atoms with van der Waals surface area (Å²) in [5.41, 5.74) is 2.70. The highest BCUT2D eigenvalue weighted by atomic mass is 35.5. The highest BCUT2D eigenvalue weighted by molar-refractivity contribution is 7.80. The van der Waals surface area contributed by atoms with Crippen LogP contribution in [0.3, 0.4) is 0 Å². The van der Waals surface area contributed by atoms with E-state index in [1.165, 1.54) is 11.1 Å². The fourth-order valence-corrected chi connectivity index (χ4v) is 1.55. The molecule has 0 aliphatic carbocycles. The number of hydrogen-bond donors (Lipinski definition) is 1. The first kappa shape index (κ1) is 9.94. The number of rotatable bonds is 3. The molecule has 0 N–H and O–H groups in total. The molecular formula is C10H13ClS. The minimum absolute atomic E-state index is 0.732. The quantitative estimate of drug-likeness (QED) is 0.561. The standard InChI is InChI=1S/C10H13ClS/c1-8-4-5-10(12)7-9(8)3-2-6-11/h4-5,7,12H,2-3,6H2,1H3. The third-order valence-corrected chi connectivity index (χ3v) is 2.46. The Labute approximate surface area is 84.3 Å². The Bertz CT molecular complexity index is 258. The molecular weight excluding hydrogens is 188 g/mol. The first-order chi connectivity index (χ1) is 5.74. The molecule has 0 fully saturated rings. The van der Waals surface area contributed by atoms with E-state index in [-0.39, 0.29) is 0 Å². The summed E-state index contributed by atoms with van der Waals surface area (Å²) >= 11 is 9.91. The summed E-state index contributed by atoms with van der Waals surface area (Å²) in [5, 5.41) is 0. The Morgan fingerprint density at radius 3 is 2.83 bits per heavy atom. The molecule has 0 aliphatic rings. The van der Waals surface area contributed by atoms with Gasteiger partial charge < -0.3 is 0 Å². The van der Waals surface area contributed by atoms with E-state index in [1.54, 1.807) is 0 Å². The second-order valence-corrected chi connectivity index (χ2v) is 3.80. The van der Waals surface area contributed by atoms with E-state index in [0.29, 0.717) is 0 Å². The minimum atomic E-state index is 0.732. The van der Waals surface area contributed by atoms with Crippen LogP contribution in [0.2, 0.25) is 0 Å². The summed E-state index contributed by atoms with van der Waals surface area (Å²) in [4.78, 5) is 1.03. The fraction of sp³-hybridized carbons (Fsp3) is 0.400. The lowest BCUT2D eigenvalue weighted by molar-refractivity contribution is 0.915. The molecule has 0 aromatic heterocycles. The van der Waals surface area contributed by atoms with Crippen LogP contribution in [-0.4, -0.2) is 5.88 Å². The molecule has 0 spiro atoms. The zero-order chi connectivity index (χ0) is 8.97. The molecule has 1 aromatic rings. The maximum absolute atomic E-state index is 5.62. The van der Waals surface area contributed by atoms with Crippen molar-refractivity contribution in [3.63, 3.8) is 0 Å². The van der Waals surface area contributed by atoms with Gasteiger partial charge in [0.25, 0.3) is 0 Å². The molecule has 0 saturated heterocycles. The lowest BCUT2D eigenvalue weighted by Crippen LogP contribution is -1.90. The molecule has 0 saturated carbocycles. The number of aryl methyl sites for hydroxylation is 2. The summed E-state index contributed by atoms with van der Waals surface area (Å²) in [6.07, 6.45) is 2.10. The average Bonchev–Trinajstić information content (AvgIpc) is 2.07. The Morgan fingerprint density at radius 1 is 1.42 bits per heavy atom. The van der Waals surface area contributed by atoms with Crippen LogP contribution in [0.5, 0.6) is 0 Å². The average molecular weight is 201 g/mol. The third-order valence-electron chi connectivity index (χ3n) is 1.91. The van der Waals surface area contributed by atoms with Gasteiger partial charge in [-0.05, 0) is 43.0 Å². The minimum Gasteiger partial charge on any atom is -0.143 e. The van der Waals surface area contributed by atoms with Gasteiger partial charge in [0.1, 0.15) is 0 Å². The molecule has 66 valence electrons. The van der Waals surface area contributed by atoms with Gasteiger partial charge in [-0.25, -0.2) is 0 Å². The van der Waals surface area contributed by atoms with Crippen molar-refractivity contribution in [3.05, 3.63) is 29.3 Å². The number of hydrogen-bond acceptors (Lipinski definition) is 1. The summed E-state index contributed by atoms with van der Waals surface area (Å²) in [7, 11) is 0. The van der Waals surface area contributed by atoms with E-state index in [0.717, 1.165) is 23.6 Å². The van der Waals surface area contributed by atoms with E-state index in [2.05, 4.69) is 31.7 Å². The molecule has 1 aromatic carbocycles. The van der Waals surface area contributed by atoms with Crippen molar-refractivity contribution < 1.29 is 0 Å². The molecule has 0 atom stereocenters. The van der Waals surface area contributed by atoms with Crippen molar-refractivity contribution >= 4 is 24.2 Å². The van der Waals surface area contributed by atoms with Crippen molar-refractivity contribution in [2.75, 3.05) is 5.88 Å². The lowest BCUT2D eigenvalue weighted by Gasteiger charge is -2.04. The first-order valence-electron chi connectivity index (χ1n) is 4.08. The van der Waals surface area contributed by atoms with Crippen molar-refractivity contribution in [2.45, 2.75) is 24.7 Å². The predicted molar refractivity (Wildman–Crippen MR) is 57.5 cm³/mol. The van der Waals surface area contributed by atoms with Gasteiger partial charge in [0.05, 0.1) is 0 Å². The Kier molecular flexibility index (Phi) is 3.96. The number of alkyl halides is 1. The normalized spacial score (nSPS) is 10.2. The van der Waals surface area contributed by atoms with Gasteiger partial charge in [-0.1, -0.05) is 6.07 Å².